The first-order valence-corrected chi connectivity index (χ1v) is 6.87. The highest BCUT2D eigenvalue weighted by molar-refractivity contribution is 6.30. The molecule has 2 aromatic carbocycles. The summed E-state index contributed by atoms with van der Waals surface area (Å²) in [5.41, 5.74) is 1.79. The third-order valence-electron chi connectivity index (χ3n) is 2.83. The number of aliphatic carboxylic acids is 1. The molecule has 2 rings (SSSR count). The van der Waals surface area contributed by atoms with Crippen LogP contribution in [0, 0.1) is 0 Å². The van der Waals surface area contributed by atoms with Gasteiger partial charge >= 0.3 is 11.9 Å². The number of carbonyl (C=O) groups is 2. The standard InChI is InChI=1S/C17H13ClO4/c18-14-6-7-15(22-17(21)9-8-16(19)20)13(11-14)10-12-4-2-1-3-5-12/h1-9,11H,10H2,(H,19,20)/b9-8-. The van der Waals surface area contributed by atoms with E-state index in [2.05, 4.69) is 0 Å². The summed E-state index contributed by atoms with van der Waals surface area (Å²) in [5, 5.41) is 9.04. The molecule has 0 fully saturated rings. The van der Waals surface area contributed by atoms with Crippen LogP contribution >= 0.6 is 11.6 Å². The molecule has 0 aliphatic carbocycles. The summed E-state index contributed by atoms with van der Waals surface area (Å²) in [6.07, 6.45) is 2.14. The van der Waals surface area contributed by atoms with E-state index in [0.29, 0.717) is 17.2 Å². The number of esters is 1. The Labute approximate surface area is 132 Å². The van der Waals surface area contributed by atoms with E-state index in [9.17, 15) is 9.59 Å². The Morgan fingerprint density at radius 2 is 1.82 bits per heavy atom. The number of carboxylic acids is 1. The number of ether oxygens (including phenoxy) is 1. The van der Waals surface area contributed by atoms with E-state index in [1.165, 1.54) is 0 Å². The number of benzene rings is 2. The molecule has 0 amide bonds. The topological polar surface area (TPSA) is 63.6 Å². The molecule has 0 aromatic heterocycles. The van der Waals surface area contributed by atoms with Crippen molar-refractivity contribution in [3.8, 4) is 5.75 Å². The van der Waals surface area contributed by atoms with E-state index in [1.807, 2.05) is 30.3 Å². The van der Waals surface area contributed by atoms with Crippen LogP contribution in [0.25, 0.3) is 0 Å². The minimum atomic E-state index is -1.21. The molecule has 0 atom stereocenters. The fraction of sp³-hybridized carbons (Fsp3) is 0.0588. The normalized spacial score (nSPS) is 10.6. The van der Waals surface area contributed by atoms with E-state index >= 15 is 0 Å². The molecule has 5 heteroatoms. The van der Waals surface area contributed by atoms with Crippen LogP contribution in [0.15, 0.2) is 60.7 Å². The van der Waals surface area contributed by atoms with Crippen LogP contribution in [0.4, 0.5) is 0 Å². The number of hydrogen-bond acceptors (Lipinski definition) is 3. The lowest BCUT2D eigenvalue weighted by atomic mass is 10.0. The SMILES string of the molecule is O=C(O)/C=C\C(=O)Oc1ccc(Cl)cc1Cc1ccccc1. The largest absolute Gasteiger partial charge is 0.478 e. The summed E-state index contributed by atoms with van der Waals surface area (Å²) >= 11 is 5.99. The van der Waals surface area contributed by atoms with Crippen LogP contribution in [0.1, 0.15) is 11.1 Å². The Morgan fingerprint density at radius 3 is 2.50 bits per heavy atom. The molecular weight excluding hydrogens is 304 g/mol. The van der Waals surface area contributed by atoms with Gasteiger partial charge in [-0.2, -0.15) is 0 Å². The molecule has 0 bridgehead atoms. The van der Waals surface area contributed by atoms with Crippen molar-refractivity contribution in [1.82, 2.24) is 0 Å². The molecule has 1 N–H and O–H groups in total. The smallest absolute Gasteiger partial charge is 0.336 e. The Kier molecular flexibility index (Phi) is 5.33. The number of hydrogen-bond donors (Lipinski definition) is 1. The molecule has 2 aromatic rings. The van der Waals surface area contributed by atoms with Crippen molar-refractivity contribution in [1.29, 1.82) is 0 Å². The second-order valence-electron chi connectivity index (χ2n) is 4.51. The maximum Gasteiger partial charge on any atom is 0.336 e. The van der Waals surface area contributed by atoms with Gasteiger partial charge in [-0.05, 0) is 23.8 Å². The van der Waals surface area contributed by atoms with E-state index < -0.39 is 11.9 Å². The van der Waals surface area contributed by atoms with Gasteiger partial charge in [-0.1, -0.05) is 41.9 Å². The van der Waals surface area contributed by atoms with Crippen molar-refractivity contribution in [2.45, 2.75) is 6.42 Å². The highest BCUT2D eigenvalue weighted by Gasteiger charge is 2.09. The van der Waals surface area contributed by atoms with Crippen molar-refractivity contribution >= 4 is 23.5 Å². The minimum absolute atomic E-state index is 0.355. The van der Waals surface area contributed by atoms with Gasteiger partial charge in [0.2, 0.25) is 0 Å². The summed E-state index contributed by atoms with van der Waals surface area (Å²) < 4.78 is 5.18. The number of halogens is 1. The number of rotatable bonds is 5. The molecule has 0 saturated carbocycles. The van der Waals surface area contributed by atoms with Crippen molar-refractivity contribution in [2.24, 2.45) is 0 Å². The van der Waals surface area contributed by atoms with Gasteiger partial charge < -0.3 is 9.84 Å². The lowest BCUT2D eigenvalue weighted by molar-refractivity contribution is -0.133. The maximum absolute atomic E-state index is 11.6. The summed E-state index contributed by atoms with van der Waals surface area (Å²) in [4.78, 5) is 22.0. The zero-order chi connectivity index (χ0) is 15.9. The van der Waals surface area contributed by atoms with E-state index in [-0.39, 0.29) is 0 Å². The zero-order valence-corrected chi connectivity index (χ0v) is 12.3. The lowest BCUT2D eigenvalue weighted by Gasteiger charge is -2.09. The van der Waals surface area contributed by atoms with Crippen LogP contribution < -0.4 is 4.74 Å². The van der Waals surface area contributed by atoms with Crippen molar-refractivity contribution in [3.63, 3.8) is 0 Å². The molecular formula is C17H13ClO4. The molecule has 0 unspecified atom stereocenters. The Balaban J connectivity index is 2.21. The van der Waals surface area contributed by atoms with Crippen LogP contribution in [0.3, 0.4) is 0 Å². The quantitative estimate of drug-likeness (QED) is 0.521. The third-order valence-corrected chi connectivity index (χ3v) is 3.07. The number of carboxylic acid groups (broad SMARTS) is 1. The lowest BCUT2D eigenvalue weighted by Crippen LogP contribution is -2.07. The number of carbonyl (C=O) groups excluding carboxylic acids is 1. The van der Waals surface area contributed by atoms with Crippen molar-refractivity contribution in [3.05, 3.63) is 76.8 Å². The second-order valence-corrected chi connectivity index (χ2v) is 4.94. The maximum atomic E-state index is 11.6. The average molecular weight is 317 g/mol. The van der Waals surface area contributed by atoms with Crippen LogP contribution in [0.5, 0.6) is 5.75 Å². The van der Waals surface area contributed by atoms with Gasteiger partial charge in [-0.3, -0.25) is 0 Å². The van der Waals surface area contributed by atoms with E-state index in [1.54, 1.807) is 18.2 Å². The molecule has 0 radical (unpaired) electrons. The third kappa shape index (κ3) is 4.75. The molecule has 0 saturated heterocycles. The fourth-order valence-electron chi connectivity index (χ4n) is 1.88. The average Bonchev–Trinajstić information content (AvgIpc) is 2.49. The van der Waals surface area contributed by atoms with Gasteiger partial charge in [0, 0.05) is 29.2 Å². The van der Waals surface area contributed by atoms with Gasteiger partial charge in [-0.25, -0.2) is 9.59 Å². The minimum Gasteiger partial charge on any atom is -0.478 e. The first kappa shape index (κ1) is 15.8. The summed E-state index contributed by atoms with van der Waals surface area (Å²) in [6.45, 7) is 0. The molecule has 4 nitrogen and oxygen atoms in total. The van der Waals surface area contributed by atoms with Crippen molar-refractivity contribution in [2.75, 3.05) is 0 Å². The van der Waals surface area contributed by atoms with Gasteiger partial charge in [-0.15, -0.1) is 0 Å². The summed E-state index contributed by atoms with van der Waals surface area (Å²) in [7, 11) is 0. The van der Waals surface area contributed by atoms with Crippen molar-refractivity contribution < 1.29 is 19.4 Å². The zero-order valence-electron chi connectivity index (χ0n) is 11.5. The van der Waals surface area contributed by atoms with Gasteiger partial charge in [0.15, 0.2) is 0 Å². The van der Waals surface area contributed by atoms with Gasteiger partial charge in [0.05, 0.1) is 0 Å². The van der Waals surface area contributed by atoms with E-state index in [4.69, 9.17) is 21.4 Å². The second kappa shape index (κ2) is 7.43. The fourth-order valence-corrected chi connectivity index (χ4v) is 2.08. The first-order valence-electron chi connectivity index (χ1n) is 6.50. The molecule has 0 aliphatic rings. The highest BCUT2D eigenvalue weighted by atomic mass is 35.5. The monoisotopic (exact) mass is 316 g/mol. The Morgan fingerprint density at radius 1 is 1.09 bits per heavy atom. The predicted octanol–water partition coefficient (Wildman–Crippen LogP) is 3.48. The first-order chi connectivity index (χ1) is 10.5. The molecule has 22 heavy (non-hydrogen) atoms. The predicted molar refractivity (Wildman–Crippen MR) is 83.1 cm³/mol. The Hall–Kier alpha value is -2.59. The van der Waals surface area contributed by atoms with Crippen LogP contribution in [0.2, 0.25) is 5.02 Å². The summed E-state index contributed by atoms with van der Waals surface area (Å²) in [5.74, 6) is -1.61. The molecule has 0 heterocycles. The highest BCUT2D eigenvalue weighted by Crippen LogP contribution is 2.25. The summed E-state index contributed by atoms with van der Waals surface area (Å²) in [6, 6.07) is 14.6. The molecule has 0 aliphatic heterocycles. The van der Waals surface area contributed by atoms with Gasteiger partial charge in [0.1, 0.15) is 5.75 Å². The van der Waals surface area contributed by atoms with Crippen LogP contribution in [-0.2, 0) is 16.0 Å². The van der Waals surface area contributed by atoms with Gasteiger partial charge in [0.25, 0.3) is 0 Å². The molecule has 112 valence electrons. The van der Waals surface area contributed by atoms with E-state index in [0.717, 1.165) is 23.3 Å². The molecule has 0 spiro atoms. The Bertz CT molecular complexity index is 708. The van der Waals surface area contributed by atoms with Crippen LogP contribution in [-0.4, -0.2) is 17.0 Å².